The molecular formula is C41H40Cl2F4N6O3. The molecule has 2 saturated carbocycles. The molecule has 15 heteroatoms. The molecule has 10 rings (SSSR count). The van der Waals surface area contributed by atoms with Crippen LogP contribution in [0.25, 0.3) is 32.9 Å². The number of rotatable bonds is 6. The lowest BCUT2D eigenvalue weighted by molar-refractivity contribution is -0.138. The van der Waals surface area contributed by atoms with Crippen molar-refractivity contribution in [2.24, 2.45) is 11.8 Å². The number of aromatic hydroxyl groups is 1. The maximum Gasteiger partial charge on any atom is 0.418 e. The lowest BCUT2D eigenvalue weighted by Crippen LogP contribution is -2.31. The molecule has 1 amide bonds. The maximum atomic E-state index is 16.3. The Kier molecular flexibility index (Phi) is 11.4. The summed E-state index contributed by atoms with van der Waals surface area (Å²) in [6.07, 6.45) is 3.45. The highest BCUT2D eigenvalue weighted by atomic mass is 35.5. The van der Waals surface area contributed by atoms with Crippen molar-refractivity contribution in [1.29, 1.82) is 5.26 Å². The fourth-order valence-corrected chi connectivity index (χ4v) is 8.22. The summed E-state index contributed by atoms with van der Waals surface area (Å²) in [6.45, 7) is 3.95. The minimum absolute atomic E-state index is 0.0117. The van der Waals surface area contributed by atoms with Crippen LogP contribution in [-0.2, 0) is 17.4 Å². The number of aryl methyl sites for hydroxylation is 2. The number of amides is 1. The van der Waals surface area contributed by atoms with Gasteiger partial charge < -0.3 is 25.0 Å². The summed E-state index contributed by atoms with van der Waals surface area (Å²) < 4.78 is 56.8. The number of alkyl halides is 3. The SMILES string of the molecule is C1NC2CC1C2.COc1ncc(C(F)(F)F)cc1O.Cc1nc2c(F)c(-c3cccc(Cl)c3Cl)c(CCC#N)cc2c2[nH]c(C3CCCN3C(=O)C3CC3)cc12. The van der Waals surface area contributed by atoms with Gasteiger partial charge in [-0.25, -0.2) is 14.4 Å². The van der Waals surface area contributed by atoms with E-state index in [1.807, 2.05) is 17.9 Å². The van der Waals surface area contributed by atoms with Gasteiger partial charge in [0.1, 0.15) is 5.52 Å². The first kappa shape index (κ1) is 39.6. The van der Waals surface area contributed by atoms with Gasteiger partial charge in [0.2, 0.25) is 5.91 Å². The lowest BCUT2D eigenvalue weighted by atomic mass is 9.87. The van der Waals surface area contributed by atoms with Crippen LogP contribution in [0.1, 0.15) is 73.5 Å². The van der Waals surface area contributed by atoms with Gasteiger partial charge in [0.25, 0.3) is 5.88 Å². The van der Waals surface area contributed by atoms with Crippen LogP contribution in [0.5, 0.6) is 11.6 Å². The van der Waals surface area contributed by atoms with E-state index >= 15 is 4.39 Å². The van der Waals surface area contributed by atoms with Gasteiger partial charge in [-0.2, -0.15) is 18.4 Å². The number of nitrogens with zero attached hydrogens (tertiary/aromatic N) is 4. The number of nitrogens with one attached hydrogen (secondary N) is 2. The average Bonchev–Trinajstić information content (AvgIpc) is 3.55. The number of benzene rings is 2. The predicted octanol–water partition coefficient (Wildman–Crippen LogP) is 9.85. The molecule has 56 heavy (non-hydrogen) atoms. The normalized spacial score (nSPS) is 19.8. The van der Waals surface area contributed by atoms with Crippen molar-refractivity contribution in [2.45, 2.75) is 76.6 Å². The zero-order chi connectivity index (χ0) is 39.9. The Morgan fingerprint density at radius 2 is 1.91 bits per heavy atom. The number of methoxy groups -OCH3 is 1. The molecule has 3 saturated heterocycles. The van der Waals surface area contributed by atoms with Crippen molar-refractivity contribution in [3.8, 4) is 28.8 Å². The summed E-state index contributed by atoms with van der Waals surface area (Å²) in [4.78, 5) is 26.4. The number of likely N-dealkylation sites (tertiary alicyclic amines) is 1. The first-order valence-electron chi connectivity index (χ1n) is 18.6. The number of halogens is 6. The Labute approximate surface area is 331 Å². The third-order valence-electron chi connectivity index (χ3n) is 10.9. The number of nitriles is 1. The minimum Gasteiger partial charge on any atom is -0.503 e. The van der Waals surface area contributed by atoms with Crippen LogP contribution in [0, 0.1) is 35.9 Å². The maximum absolute atomic E-state index is 16.3. The molecular weight excluding hydrogens is 771 g/mol. The van der Waals surface area contributed by atoms with E-state index in [0.29, 0.717) is 51.5 Å². The summed E-state index contributed by atoms with van der Waals surface area (Å²) in [5, 5.41) is 23.8. The van der Waals surface area contributed by atoms with Crippen LogP contribution in [-0.4, -0.2) is 57.1 Å². The highest BCUT2D eigenvalue weighted by Gasteiger charge is 2.39. The number of aromatic amines is 1. The number of hydrogen-bond acceptors (Lipinski definition) is 7. The molecule has 0 radical (unpaired) electrons. The molecule has 1 atom stereocenters. The van der Waals surface area contributed by atoms with Gasteiger partial charge in [-0.05, 0) is 94.2 Å². The van der Waals surface area contributed by atoms with E-state index in [2.05, 4.69) is 37.1 Å². The van der Waals surface area contributed by atoms with Crippen molar-refractivity contribution < 1.29 is 32.2 Å². The van der Waals surface area contributed by atoms with Gasteiger partial charge in [-0.15, -0.1) is 0 Å². The van der Waals surface area contributed by atoms with Gasteiger partial charge in [0.05, 0.1) is 40.3 Å². The highest BCUT2D eigenvalue weighted by Crippen LogP contribution is 2.43. The predicted molar refractivity (Wildman–Crippen MR) is 206 cm³/mol. The van der Waals surface area contributed by atoms with Crippen LogP contribution < -0.4 is 10.1 Å². The Morgan fingerprint density at radius 1 is 1.14 bits per heavy atom. The Bertz CT molecular complexity index is 2320. The number of H-pyrrole nitrogens is 1. The molecule has 5 fully saturated rings. The number of carbonyl (C=O) groups is 1. The molecule has 3 N–H and O–H groups in total. The van der Waals surface area contributed by atoms with Gasteiger partial charge >= 0.3 is 6.18 Å². The standard InChI is InChI=1S/C29H25Cl2FN4O.C7H6F3NO2.C5H9N/c1-15-19-14-22(23-8-4-12-36(23)29(37)16-9-10-16)35-27(19)20-13-17(5-3-11-33)24(26(32)28(20)34-15)18-6-2-7-21(30)25(18)31;1-13-6-5(12)2-4(3-11-6)7(8,9)10;1-4-2-5(1)6-3-4/h2,6-7,13-14,16,23,35H,3-5,8-10,12H2,1H3;2-3,12H,1H3;4-6H,1-3H2. The zero-order valence-electron chi connectivity index (χ0n) is 30.7. The summed E-state index contributed by atoms with van der Waals surface area (Å²) >= 11 is 12.8. The van der Waals surface area contributed by atoms with Crippen LogP contribution in [0.15, 0.2) is 42.6 Å². The van der Waals surface area contributed by atoms with E-state index in [1.165, 1.54) is 26.5 Å². The summed E-state index contributed by atoms with van der Waals surface area (Å²) in [5.74, 6) is 0.152. The van der Waals surface area contributed by atoms with Crippen molar-refractivity contribution in [3.63, 3.8) is 0 Å². The van der Waals surface area contributed by atoms with Crippen LogP contribution in [0.4, 0.5) is 17.6 Å². The highest BCUT2D eigenvalue weighted by molar-refractivity contribution is 6.43. The number of hydrogen-bond donors (Lipinski definition) is 3. The molecule has 2 aliphatic carbocycles. The topological polar surface area (TPSA) is 127 Å². The number of aromatic nitrogens is 3. The second-order valence-corrected chi connectivity index (χ2v) is 15.5. The Morgan fingerprint density at radius 3 is 2.52 bits per heavy atom. The first-order valence-corrected chi connectivity index (χ1v) is 19.3. The zero-order valence-corrected chi connectivity index (χ0v) is 32.3. The van der Waals surface area contributed by atoms with E-state index in [-0.39, 0.29) is 40.7 Å². The third-order valence-corrected chi connectivity index (χ3v) is 11.8. The van der Waals surface area contributed by atoms with E-state index in [4.69, 9.17) is 28.3 Å². The van der Waals surface area contributed by atoms with Gasteiger partial charge in [0, 0.05) is 64.4 Å². The quantitative estimate of drug-likeness (QED) is 0.146. The number of carbonyl (C=O) groups excluding carboxylic acids is 1. The molecule has 0 spiro atoms. The molecule has 3 aromatic heterocycles. The summed E-state index contributed by atoms with van der Waals surface area (Å²) in [5.41, 5.74) is 3.16. The van der Waals surface area contributed by atoms with Crippen LogP contribution in [0.2, 0.25) is 10.0 Å². The van der Waals surface area contributed by atoms with Gasteiger partial charge in [-0.1, -0.05) is 35.3 Å². The lowest BCUT2D eigenvalue weighted by Gasteiger charge is -2.24. The van der Waals surface area contributed by atoms with E-state index in [9.17, 15) is 23.2 Å². The molecule has 9 nitrogen and oxygen atoms in total. The molecule has 2 bridgehead atoms. The Balaban J connectivity index is 0.000000206. The van der Waals surface area contributed by atoms with E-state index < -0.39 is 23.3 Å². The van der Waals surface area contributed by atoms with Crippen molar-refractivity contribution in [2.75, 3.05) is 20.2 Å². The number of pyridine rings is 2. The molecule has 294 valence electrons. The largest absolute Gasteiger partial charge is 0.503 e. The molecule has 5 aliphatic rings. The molecule has 1 unspecified atom stereocenters. The molecule has 6 heterocycles. The van der Waals surface area contributed by atoms with E-state index in [0.717, 1.165) is 60.8 Å². The summed E-state index contributed by atoms with van der Waals surface area (Å²) in [6, 6.07) is 12.8. The van der Waals surface area contributed by atoms with Crippen molar-refractivity contribution >= 4 is 50.9 Å². The molecule has 3 aliphatic heterocycles. The fraction of sp³-hybridized carbons (Fsp3) is 0.415. The van der Waals surface area contributed by atoms with Gasteiger partial charge in [-0.3, -0.25) is 4.79 Å². The van der Waals surface area contributed by atoms with Crippen molar-refractivity contribution in [1.82, 2.24) is 25.2 Å². The first-order chi connectivity index (χ1) is 26.8. The minimum atomic E-state index is -4.50. The van der Waals surface area contributed by atoms with Crippen molar-refractivity contribution in [3.05, 3.63) is 81.0 Å². The third kappa shape index (κ3) is 7.97. The smallest absolute Gasteiger partial charge is 0.418 e. The van der Waals surface area contributed by atoms with E-state index in [1.54, 1.807) is 18.2 Å². The number of ether oxygens (including phenoxy) is 1. The van der Waals surface area contributed by atoms with Crippen LogP contribution in [0.3, 0.4) is 0 Å². The monoisotopic (exact) mass is 810 g/mol. The number of fused-ring (bicyclic) bond motifs is 4. The second-order valence-electron chi connectivity index (χ2n) is 14.7. The Hall–Kier alpha value is -4.64. The molecule has 5 aromatic rings. The average molecular weight is 812 g/mol. The summed E-state index contributed by atoms with van der Waals surface area (Å²) in [7, 11) is 1.20. The second kappa shape index (κ2) is 16.1. The molecule has 2 aromatic carbocycles. The van der Waals surface area contributed by atoms with Gasteiger partial charge in [0.15, 0.2) is 11.6 Å². The fourth-order valence-electron chi connectivity index (χ4n) is 7.82. The van der Waals surface area contributed by atoms with Crippen LogP contribution >= 0.6 is 23.2 Å².